The third kappa shape index (κ3) is 1.42. The zero-order valence-corrected chi connectivity index (χ0v) is 7.86. The summed E-state index contributed by atoms with van der Waals surface area (Å²) in [5.74, 6) is 0. The van der Waals surface area contributed by atoms with Gasteiger partial charge in [0.05, 0.1) is 11.1 Å². The van der Waals surface area contributed by atoms with Crippen LogP contribution in [0.2, 0.25) is 0 Å². The first kappa shape index (κ1) is 8.96. The van der Waals surface area contributed by atoms with Crippen LogP contribution in [-0.2, 0) is 9.84 Å². The molecule has 2 rings (SSSR count). The van der Waals surface area contributed by atoms with Crippen molar-refractivity contribution in [3.63, 3.8) is 0 Å². The van der Waals surface area contributed by atoms with Crippen LogP contribution in [0.25, 0.3) is 0 Å². The third-order valence-electron chi connectivity index (χ3n) is 1.64. The zero-order valence-electron chi connectivity index (χ0n) is 7.04. The third-order valence-corrected chi connectivity index (χ3v) is 3.19. The second-order valence-electron chi connectivity index (χ2n) is 2.54. The highest BCUT2D eigenvalue weighted by Gasteiger charge is 2.21. The van der Waals surface area contributed by atoms with Crippen LogP contribution in [0.15, 0.2) is 51.3 Å². The molecule has 0 aliphatic rings. The van der Waals surface area contributed by atoms with Crippen LogP contribution < -0.4 is 0 Å². The van der Waals surface area contributed by atoms with Crippen LogP contribution in [0, 0.1) is 6.07 Å². The molecule has 0 saturated heterocycles. The Kier molecular flexibility index (Phi) is 2.09. The molecule has 0 unspecified atom stereocenters. The Balaban J connectivity index is 2.55. The fourth-order valence-electron chi connectivity index (χ4n) is 0.995. The number of rotatable bonds is 2. The second-order valence-corrected chi connectivity index (χ2v) is 4.36. The van der Waals surface area contributed by atoms with Gasteiger partial charge in [0.2, 0.25) is 0 Å². The van der Waals surface area contributed by atoms with E-state index in [0.717, 1.165) is 0 Å². The minimum absolute atomic E-state index is 0.152. The minimum atomic E-state index is -3.59. The van der Waals surface area contributed by atoms with Crippen molar-refractivity contribution in [3.8, 4) is 0 Å². The molecular formula is C9H6NO3S. The lowest BCUT2D eigenvalue weighted by Gasteiger charge is -1.97. The average Bonchev–Trinajstić information content (AvgIpc) is 2.72. The molecule has 0 amide bonds. The molecule has 0 aliphatic heterocycles. The van der Waals surface area contributed by atoms with Gasteiger partial charge >= 0.3 is 5.22 Å². The molecule has 1 heterocycles. The maximum Gasteiger partial charge on any atom is 0.319 e. The summed E-state index contributed by atoms with van der Waals surface area (Å²) in [7, 11) is -3.59. The number of nitrogens with zero attached hydrogens (tertiary/aromatic N) is 1. The first-order chi connectivity index (χ1) is 6.71. The number of hydrogen-bond acceptors (Lipinski definition) is 4. The molecule has 1 aromatic carbocycles. The van der Waals surface area contributed by atoms with Gasteiger partial charge in [-0.1, -0.05) is 12.1 Å². The standard InChI is InChI=1S/C9H6NO3S/c11-14(12,9-10-6-7-13-9)8-4-2-1-3-5-8/h2-7H. The van der Waals surface area contributed by atoms with Crippen molar-refractivity contribution in [2.45, 2.75) is 10.1 Å². The van der Waals surface area contributed by atoms with Gasteiger partial charge in [-0.2, -0.15) is 0 Å². The van der Waals surface area contributed by atoms with Gasteiger partial charge in [-0.25, -0.2) is 13.4 Å². The van der Waals surface area contributed by atoms with E-state index < -0.39 is 9.84 Å². The number of oxazole rings is 1. The molecule has 0 atom stereocenters. The molecule has 0 aliphatic carbocycles. The largest absolute Gasteiger partial charge is 0.436 e. The lowest BCUT2D eigenvalue weighted by molar-refractivity contribution is 0.430. The highest BCUT2D eigenvalue weighted by molar-refractivity contribution is 7.91. The molecule has 2 aromatic rings. The average molecular weight is 208 g/mol. The molecule has 0 bridgehead atoms. The molecule has 14 heavy (non-hydrogen) atoms. The number of aromatic nitrogens is 1. The quantitative estimate of drug-likeness (QED) is 0.746. The lowest BCUT2D eigenvalue weighted by Crippen LogP contribution is -2.01. The van der Waals surface area contributed by atoms with Crippen molar-refractivity contribution < 1.29 is 12.8 Å². The molecule has 0 fully saturated rings. The predicted octanol–water partition coefficient (Wildman–Crippen LogP) is 1.31. The Morgan fingerprint density at radius 2 is 2.00 bits per heavy atom. The summed E-state index contributed by atoms with van der Waals surface area (Å²) >= 11 is 0. The Bertz CT molecular complexity index is 502. The van der Waals surface area contributed by atoms with E-state index in [1.807, 2.05) is 0 Å². The van der Waals surface area contributed by atoms with E-state index in [4.69, 9.17) is 4.42 Å². The molecule has 0 saturated carbocycles. The van der Waals surface area contributed by atoms with Crippen LogP contribution in [0.5, 0.6) is 0 Å². The molecule has 4 nitrogen and oxygen atoms in total. The summed E-state index contributed by atoms with van der Waals surface area (Å²) in [4.78, 5) is 3.75. The first-order valence-corrected chi connectivity index (χ1v) is 5.30. The Labute approximate surface area is 81.1 Å². The summed E-state index contributed by atoms with van der Waals surface area (Å²) in [6.07, 6.45) is 2.52. The highest BCUT2D eigenvalue weighted by Crippen LogP contribution is 2.17. The van der Waals surface area contributed by atoms with Gasteiger partial charge in [0.1, 0.15) is 6.26 Å². The SMILES string of the molecule is O=S(=O)(c1cc[c]cc1)c1ncco1. The maximum atomic E-state index is 11.7. The number of benzene rings is 1. The van der Waals surface area contributed by atoms with Gasteiger partial charge in [-0.3, -0.25) is 0 Å². The number of sulfone groups is 1. The van der Waals surface area contributed by atoms with Crippen molar-refractivity contribution in [1.29, 1.82) is 0 Å². The van der Waals surface area contributed by atoms with Gasteiger partial charge in [-0.05, 0) is 18.2 Å². The van der Waals surface area contributed by atoms with Gasteiger partial charge in [0, 0.05) is 0 Å². The van der Waals surface area contributed by atoms with E-state index in [1.54, 1.807) is 0 Å². The predicted molar refractivity (Wildman–Crippen MR) is 47.2 cm³/mol. The molecule has 0 spiro atoms. The molecule has 1 aromatic heterocycles. The zero-order chi connectivity index (χ0) is 10.0. The van der Waals surface area contributed by atoms with E-state index in [9.17, 15) is 8.42 Å². The Morgan fingerprint density at radius 1 is 1.29 bits per heavy atom. The van der Waals surface area contributed by atoms with Crippen molar-refractivity contribution in [2.24, 2.45) is 0 Å². The van der Waals surface area contributed by atoms with Gasteiger partial charge in [0.15, 0.2) is 0 Å². The van der Waals surface area contributed by atoms with Gasteiger partial charge in [-0.15, -0.1) is 0 Å². The molecule has 0 N–H and O–H groups in total. The van der Waals surface area contributed by atoms with Crippen molar-refractivity contribution in [1.82, 2.24) is 4.98 Å². The molecule has 71 valence electrons. The normalized spacial score (nSPS) is 11.4. The second kappa shape index (κ2) is 3.26. The topological polar surface area (TPSA) is 60.2 Å². The molecule has 1 radical (unpaired) electrons. The van der Waals surface area contributed by atoms with Gasteiger partial charge < -0.3 is 4.42 Å². The Hall–Kier alpha value is -1.62. The monoisotopic (exact) mass is 208 g/mol. The summed E-state index contributed by atoms with van der Waals surface area (Å²) < 4.78 is 28.2. The summed E-state index contributed by atoms with van der Waals surface area (Å²) in [5, 5.41) is -0.288. The van der Waals surface area contributed by atoms with Crippen molar-refractivity contribution in [3.05, 3.63) is 42.8 Å². The highest BCUT2D eigenvalue weighted by atomic mass is 32.2. The number of hydrogen-bond donors (Lipinski definition) is 0. The maximum absolute atomic E-state index is 11.7. The van der Waals surface area contributed by atoms with Crippen LogP contribution in [0.1, 0.15) is 0 Å². The Morgan fingerprint density at radius 3 is 2.57 bits per heavy atom. The van der Waals surface area contributed by atoms with E-state index in [0.29, 0.717) is 0 Å². The van der Waals surface area contributed by atoms with Crippen molar-refractivity contribution in [2.75, 3.05) is 0 Å². The van der Waals surface area contributed by atoms with Crippen molar-refractivity contribution >= 4 is 9.84 Å². The summed E-state index contributed by atoms with van der Waals surface area (Å²) in [6.45, 7) is 0. The smallest absolute Gasteiger partial charge is 0.319 e. The first-order valence-electron chi connectivity index (χ1n) is 3.82. The van der Waals surface area contributed by atoms with Crippen LogP contribution >= 0.6 is 0 Å². The van der Waals surface area contributed by atoms with Crippen LogP contribution in [0.4, 0.5) is 0 Å². The minimum Gasteiger partial charge on any atom is -0.436 e. The van der Waals surface area contributed by atoms with E-state index in [2.05, 4.69) is 11.1 Å². The fraction of sp³-hybridized carbons (Fsp3) is 0. The van der Waals surface area contributed by atoms with E-state index in [-0.39, 0.29) is 10.1 Å². The molecular weight excluding hydrogens is 202 g/mol. The van der Waals surface area contributed by atoms with E-state index in [1.165, 1.54) is 36.7 Å². The van der Waals surface area contributed by atoms with Gasteiger partial charge in [0.25, 0.3) is 9.84 Å². The lowest BCUT2D eigenvalue weighted by atomic mass is 10.4. The summed E-state index contributed by atoms with van der Waals surface area (Å²) in [5.41, 5.74) is 0. The fourth-order valence-corrected chi connectivity index (χ4v) is 2.07. The molecule has 5 heteroatoms. The van der Waals surface area contributed by atoms with Crippen LogP contribution in [-0.4, -0.2) is 13.4 Å². The van der Waals surface area contributed by atoms with E-state index >= 15 is 0 Å². The summed E-state index contributed by atoms with van der Waals surface area (Å²) in [6, 6.07) is 8.67. The van der Waals surface area contributed by atoms with Crippen LogP contribution in [0.3, 0.4) is 0 Å².